The molecule has 0 radical (unpaired) electrons. The SMILES string of the molecule is Cc1cccc2c1Oc1ccccc1[C@@H]2N1C(=O)/C(=C\c2ccccc2Cl)SC1=S. The summed E-state index contributed by atoms with van der Waals surface area (Å²) in [6, 6.07) is 20.9. The lowest BCUT2D eigenvalue weighted by Crippen LogP contribution is -2.35. The molecule has 30 heavy (non-hydrogen) atoms. The zero-order chi connectivity index (χ0) is 20.8. The number of hydrogen-bond donors (Lipinski definition) is 0. The fourth-order valence-electron chi connectivity index (χ4n) is 3.82. The van der Waals surface area contributed by atoms with Gasteiger partial charge in [-0.05, 0) is 36.3 Å². The van der Waals surface area contributed by atoms with Gasteiger partial charge >= 0.3 is 0 Å². The highest BCUT2D eigenvalue weighted by molar-refractivity contribution is 8.26. The summed E-state index contributed by atoms with van der Waals surface area (Å²) in [5.41, 5.74) is 3.67. The minimum absolute atomic E-state index is 0.126. The van der Waals surface area contributed by atoms with E-state index in [-0.39, 0.29) is 11.9 Å². The number of benzene rings is 3. The molecule has 2 aliphatic heterocycles. The second-order valence-electron chi connectivity index (χ2n) is 7.11. The van der Waals surface area contributed by atoms with Crippen LogP contribution in [0.4, 0.5) is 0 Å². The second-order valence-corrected chi connectivity index (χ2v) is 9.19. The number of thioether (sulfide) groups is 1. The topological polar surface area (TPSA) is 29.5 Å². The summed E-state index contributed by atoms with van der Waals surface area (Å²) in [5.74, 6) is 1.40. The minimum Gasteiger partial charge on any atom is -0.456 e. The summed E-state index contributed by atoms with van der Waals surface area (Å²) < 4.78 is 6.71. The number of amides is 1. The smallest absolute Gasteiger partial charge is 0.267 e. The molecule has 0 unspecified atom stereocenters. The number of ether oxygens (including phenoxy) is 1. The molecular weight excluding hydrogens is 434 g/mol. The lowest BCUT2D eigenvalue weighted by Gasteiger charge is -2.34. The van der Waals surface area contributed by atoms with Crippen molar-refractivity contribution in [2.45, 2.75) is 13.0 Å². The molecule has 0 bridgehead atoms. The molecule has 0 saturated carbocycles. The Bertz CT molecular complexity index is 1240. The predicted molar refractivity (Wildman–Crippen MR) is 126 cm³/mol. The Hall–Kier alpha value is -2.60. The first kappa shape index (κ1) is 19.4. The standard InChI is InChI=1S/C24H16ClNO2S2/c1-14-7-6-10-17-21(16-9-3-5-12-19(16)28-22(14)17)26-23(27)20(30-24(26)29)13-15-8-2-4-11-18(15)25/h2-13,21H,1H3/b20-13+/t21-/m0/s1. The Balaban J connectivity index is 1.63. The molecule has 6 heteroatoms. The fraction of sp³-hybridized carbons (Fsp3) is 0.0833. The van der Waals surface area contributed by atoms with Crippen molar-refractivity contribution in [1.82, 2.24) is 4.90 Å². The van der Waals surface area contributed by atoms with Gasteiger partial charge in [-0.15, -0.1) is 0 Å². The van der Waals surface area contributed by atoms with Crippen LogP contribution in [0.15, 0.2) is 71.6 Å². The van der Waals surface area contributed by atoms with Gasteiger partial charge in [0.25, 0.3) is 5.91 Å². The lowest BCUT2D eigenvalue weighted by atomic mass is 9.92. The molecule has 1 atom stereocenters. The van der Waals surface area contributed by atoms with E-state index in [1.54, 1.807) is 4.90 Å². The summed E-state index contributed by atoms with van der Waals surface area (Å²) in [5, 5.41) is 0.597. The summed E-state index contributed by atoms with van der Waals surface area (Å²) >= 11 is 13.3. The van der Waals surface area contributed by atoms with Crippen LogP contribution >= 0.6 is 35.6 Å². The van der Waals surface area contributed by atoms with Crippen molar-refractivity contribution in [3.05, 3.63) is 98.9 Å². The van der Waals surface area contributed by atoms with Crippen LogP contribution in [0.5, 0.6) is 11.5 Å². The van der Waals surface area contributed by atoms with Gasteiger partial charge < -0.3 is 4.74 Å². The van der Waals surface area contributed by atoms with Crippen molar-refractivity contribution in [3.8, 4) is 11.5 Å². The van der Waals surface area contributed by atoms with Crippen LogP contribution in [0.1, 0.15) is 28.3 Å². The van der Waals surface area contributed by atoms with Crippen LogP contribution in [-0.2, 0) is 4.79 Å². The molecule has 2 heterocycles. The van der Waals surface area contributed by atoms with E-state index in [2.05, 4.69) is 0 Å². The third-order valence-corrected chi connectivity index (χ3v) is 6.91. The minimum atomic E-state index is -0.338. The number of carbonyl (C=O) groups is 1. The van der Waals surface area contributed by atoms with Crippen molar-refractivity contribution in [2.24, 2.45) is 0 Å². The average Bonchev–Trinajstić information content (AvgIpc) is 3.01. The molecule has 0 spiro atoms. The van der Waals surface area contributed by atoms with E-state index >= 15 is 0 Å². The zero-order valence-electron chi connectivity index (χ0n) is 16.0. The molecule has 0 aromatic heterocycles. The largest absolute Gasteiger partial charge is 0.456 e. The summed E-state index contributed by atoms with van der Waals surface area (Å²) in [4.78, 5) is 15.8. The molecule has 1 amide bonds. The van der Waals surface area contributed by atoms with Crippen molar-refractivity contribution in [3.63, 3.8) is 0 Å². The lowest BCUT2D eigenvalue weighted by molar-refractivity contribution is -0.123. The molecular formula is C24H16ClNO2S2. The molecule has 3 nitrogen and oxygen atoms in total. The van der Waals surface area contributed by atoms with E-state index < -0.39 is 0 Å². The van der Waals surface area contributed by atoms with E-state index in [1.165, 1.54) is 11.8 Å². The van der Waals surface area contributed by atoms with Crippen molar-refractivity contribution < 1.29 is 9.53 Å². The molecule has 1 saturated heterocycles. The van der Waals surface area contributed by atoms with Gasteiger partial charge in [-0.3, -0.25) is 9.69 Å². The Morgan fingerprint density at radius 2 is 1.77 bits per heavy atom. The van der Waals surface area contributed by atoms with E-state index in [1.807, 2.05) is 79.7 Å². The maximum atomic E-state index is 13.5. The number of carbonyl (C=O) groups excluding carboxylic acids is 1. The number of para-hydroxylation sites is 2. The fourth-order valence-corrected chi connectivity index (χ4v) is 5.32. The van der Waals surface area contributed by atoms with Crippen LogP contribution < -0.4 is 4.74 Å². The first-order valence-corrected chi connectivity index (χ1v) is 11.0. The zero-order valence-corrected chi connectivity index (χ0v) is 18.4. The van der Waals surface area contributed by atoms with Crippen LogP contribution in [0.2, 0.25) is 5.02 Å². The Morgan fingerprint density at radius 3 is 2.60 bits per heavy atom. The molecule has 1 fully saturated rings. The Morgan fingerprint density at radius 1 is 1.03 bits per heavy atom. The second kappa shape index (κ2) is 7.58. The van der Waals surface area contributed by atoms with Crippen molar-refractivity contribution in [2.75, 3.05) is 0 Å². The van der Waals surface area contributed by atoms with Gasteiger partial charge in [0.15, 0.2) is 0 Å². The predicted octanol–water partition coefficient (Wildman–Crippen LogP) is 6.74. The quantitative estimate of drug-likeness (QED) is 0.320. The summed E-state index contributed by atoms with van der Waals surface area (Å²) in [6.07, 6.45) is 1.81. The monoisotopic (exact) mass is 449 g/mol. The molecule has 2 aliphatic rings. The third kappa shape index (κ3) is 3.14. The molecule has 0 N–H and O–H groups in total. The van der Waals surface area contributed by atoms with Crippen LogP contribution in [0.3, 0.4) is 0 Å². The normalized spacial score (nSPS) is 18.9. The molecule has 0 aliphatic carbocycles. The molecule has 148 valence electrons. The van der Waals surface area contributed by atoms with E-state index in [4.69, 9.17) is 28.6 Å². The van der Waals surface area contributed by atoms with Crippen molar-refractivity contribution in [1.29, 1.82) is 0 Å². The average molecular weight is 450 g/mol. The van der Waals surface area contributed by atoms with Crippen LogP contribution in [-0.4, -0.2) is 15.1 Å². The van der Waals surface area contributed by atoms with Gasteiger partial charge in [0.05, 0.1) is 10.9 Å². The van der Waals surface area contributed by atoms with Gasteiger partial charge in [-0.1, -0.05) is 90.2 Å². The maximum Gasteiger partial charge on any atom is 0.267 e. The molecule has 5 rings (SSSR count). The number of nitrogens with zero attached hydrogens (tertiary/aromatic N) is 1. The molecule has 3 aromatic carbocycles. The molecule has 3 aromatic rings. The van der Waals surface area contributed by atoms with Gasteiger partial charge in [0.2, 0.25) is 0 Å². The summed E-state index contributed by atoms with van der Waals surface area (Å²) in [7, 11) is 0. The van der Waals surface area contributed by atoms with Crippen molar-refractivity contribution >= 4 is 51.9 Å². The number of halogens is 1. The number of rotatable bonds is 2. The van der Waals surface area contributed by atoms with Crippen LogP contribution in [0, 0.1) is 6.92 Å². The Kier molecular flexibility index (Phi) is 4.89. The van der Waals surface area contributed by atoms with E-state index in [0.717, 1.165) is 33.8 Å². The number of hydrogen-bond acceptors (Lipinski definition) is 4. The number of aryl methyl sites for hydroxylation is 1. The third-order valence-electron chi connectivity index (χ3n) is 5.24. The number of fused-ring (bicyclic) bond motifs is 2. The van der Waals surface area contributed by atoms with Gasteiger partial charge in [0.1, 0.15) is 15.8 Å². The van der Waals surface area contributed by atoms with E-state index in [0.29, 0.717) is 14.2 Å². The number of thiocarbonyl (C=S) groups is 1. The highest BCUT2D eigenvalue weighted by Gasteiger charge is 2.42. The Labute approximate surface area is 189 Å². The first-order valence-electron chi connectivity index (χ1n) is 9.42. The van der Waals surface area contributed by atoms with E-state index in [9.17, 15) is 4.79 Å². The highest BCUT2D eigenvalue weighted by atomic mass is 35.5. The van der Waals surface area contributed by atoms with Gasteiger partial charge in [0, 0.05) is 16.1 Å². The maximum absolute atomic E-state index is 13.5. The first-order chi connectivity index (χ1) is 14.5. The van der Waals surface area contributed by atoms with Gasteiger partial charge in [-0.2, -0.15) is 0 Å². The van der Waals surface area contributed by atoms with Gasteiger partial charge in [-0.25, -0.2) is 0 Å². The summed E-state index contributed by atoms with van der Waals surface area (Å²) in [6.45, 7) is 2.01. The highest BCUT2D eigenvalue weighted by Crippen LogP contribution is 2.50. The van der Waals surface area contributed by atoms with Crippen LogP contribution in [0.25, 0.3) is 6.08 Å².